The Kier molecular flexibility index (Phi) is 1.41. The molecule has 0 amide bonds. The molecule has 0 unspecified atom stereocenters. The van der Waals surface area contributed by atoms with Gasteiger partial charge in [0.05, 0.1) is 24.5 Å². The summed E-state index contributed by atoms with van der Waals surface area (Å²) in [6.07, 6.45) is 0. The molecule has 1 N–H and O–H groups in total. The van der Waals surface area contributed by atoms with Crippen LogP contribution in [0.3, 0.4) is 0 Å². The van der Waals surface area contributed by atoms with E-state index < -0.39 is 0 Å². The first kappa shape index (κ1) is 7.30. The van der Waals surface area contributed by atoms with Gasteiger partial charge in [-0.1, -0.05) is 0 Å². The highest BCUT2D eigenvalue weighted by atomic mass is 16.5. The zero-order valence-electron chi connectivity index (χ0n) is 6.59. The van der Waals surface area contributed by atoms with Crippen molar-refractivity contribution in [2.75, 3.05) is 0 Å². The number of rotatable bonds is 0. The summed E-state index contributed by atoms with van der Waals surface area (Å²) in [7, 11) is 1.62. The summed E-state index contributed by atoms with van der Waals surface area (Å²) in [5, 5.41) is 0. The molecule has 1 aromatic heterocycles. The van der Waals surface area contributed by atoms with Gasteiger partial charge in [-0.15, -0.1) is 0 Å². The first-order valence-electron chi connectivity index (χ1n) is 3.59. The van der Waals surface area contributed by atoms with Gasteiger partial charge in [0.1, 0.15) is 0 Å². The second kappa shape index (κ2) is 2.31. The van der Waals surface area contributed by atoms with E-state index in [2.05, 4.69) is 4.98 Å². The minimum atomic E-state index is -0.385. The molecular weight excluding hydrogens is 160 g/mol. The van der Waals surface area contributed by atoms with Crippen LogP contribution in [0, 0.1) is 0 Å². The van der Waals surface area contributed by atoms with Crippen LogP contribution in [0.2, 0.25) is 0 Å². The standard InChI is InChI=1S/C7H8N2O3/c1-9-5-3-12-2-4(5)6(10)8-7(9)11/h2-3H2,1H3,(H,8,10,11). The van der Waals surface area contributed by atoms with Crippen molar-refractivity contribution in [2.24, 2.45) is 7.05 Å². The molecule has 0 radical (unpaired) electrons. The fourth-order valence-corrected chi connectivity index (χ4v) is 1.30. The Bertz CT molecular complexity index is 429. The van der Waals surface area contributed by atoms with Crippen LogP contribution in [-0.4, -0.2) is 9.55 Å². The quantitative estimate of drug-likeness (QED) is 0.546. The lowest BCUT2D eigenvalue weighted by atomic mass is 10.3. The highest BCUT2D eigenvalue weighted by Crippen LogP contribution is 2.12. The minimum Gasteiger partial charge on any atom is -0.370 e. The van der Waals surface area contributed by atoms with Crippen molar-refractivity contribution in [3.8, 4) is 0 Å². The van der Waals surface area contributed by atoms with Crippen molar-refractivity contribution >= 4 is 0 Å². The third-order valence-corrected chi connectivity index (χ3v) is 2.04. The molecule has 0 saturated carbocycles. The van der Waals surface area contributed by atoms with Crippen molar-refractivity contribution in [3.63, 3.8) is 0 Å². The summed E-state index contributed by atoms with van der Waals surface area (Å²) in [5.74, 6) is 0. The van der Waals surface area contributed by atoms with Crippen molar-refractivity contribution in [1.82, 2.24) is 9.55 Å². The number of hydrogen-bond acceptors (Lipinski definition) is 3. The van der Waals surface area contributed by atoms with Crippen LogP contribution in [0.5, 0.6) is 0 Å². The van der Waals surface area contributed by atoms with E-state index in [4.69, 9.17) is 4.74 Å². The van der Waals surface area contributed by atoms with Crippen LogP contribution in [0.15, 0.2) is 9.59 Å². The number of hydrogen-bond donors (Lipinski definition) is 1. The molecule has 5 heteroatoms. The molecular formula is C7H8N2O3. The monoisotopic (exact) mass is 168 g/mol. The maximum Gasteiger partial charge on any atom is 0.328 e. The Morgan fingerprint density at radius 3 is 2.92 bits per heavy atom. The van der Waals surface area contributed by atoms with Gasteiger partial charge >= 0.3 is 5.69 Å². The molecule has 0 fully saturated rings. The second-order valence-corrected chi connectivity index (χ2v) is 2.74. The van der Waals surface area contributed by atoms with Gasteiger partial charge in [0, 0.05) is 7.05 Å². The average molecular weight is 168 g/mol. The van der Waals surface area contributed by atoms with Crippen molar-refractivity contribution in [2.45, 2.75) is 13.2 Å². The average Bonchev–Trinajstić information content (AvgIpc) is 2.48. The predicted octanol–water partition coefficient (Wildman–Crippen LogP) is -0.896. The summed E-state index contributed by atoms with van der Waals surface area (Å²) in [6, 6.07) is 0. The Balaban J connectivity index is 2.87. The number of aromatic nitrogens is 2. The molecule has 1 aromatic rings. The minimum absolute atomic E-state index is 0.304. The zero-order chi connectivity index (χ0) is 8.72. The van der Waals surface area contributed by atoms with E-state index >= 15 is 0 Å². The largest absolute Gasteiger partial charge is 0.370 e. The molecule has 1 aliphatic rings. The van der Waals surface area contributed by atoms with Crippen molar-refractivity contribution in [3.05, 3.63) is 32.1 Å². The molecule has 0 saturated heterocycles. The van der Waals surface area contributed by atoms with E-state index in [0.29, 0.717) is 24.5 Å². The summed E-state index contributed by atoms with van der Waals surface area (Å²) in [5.41, 5.74) is 0.538. The van der Waals surface area contributed by atoms with Gasteiger partial charge in [-0.05, 0) is 0 Å². The topological polar surface area (TPSA) is 64.1 Å². The molecule has 2 rings (SSSR count). The lowest BCUT2D eigenvalue weighted by Crippen LogP contribution is -2.31. The molecule has 12 heavy (non-hydrogen) atoms. The molecule has 0 spiro atoms. The van der Waals surface area contributed by atoms with Crippen molar-refractivity contribution in [1.29, 1.82) is 0 Å². The fourth-order valence-electron chi connectivity index (χ4n) is 1.30. The number of aromatic amines is 1. The molecule has 1 aliphatic heterocycles. The molecule has 5 nitrogen and oxygen atoms in total. The van der Waals surface area contributed by atoms with Crippen LogP contribution in [0.25, 0.3) is 0 Å². The van der Waals surface area contributed by atoms with Gasteiger partial charge in [-0.3, -0.25) is 14.3 Å². The van der Waals surface area contributed by atoms with E-state index in [1.165, 1.54) is 4.57 Å². The van der Waals surface area contributed by atoms with E-state index in [1.807, 2.05) is 0 Å². The van der Waals surface area contributed by atoms with E-state index in [1.54, 1.807) is 7.05 Å². The lowest BCUT2D eigenvalue weighted by molar-refractivity contribution is 0.131. The van der Waals surface area contributed by atoms with Crippen LogP contribution in [-0.2, 0) is 25.0 Å². The Morgan fingerprint density at radius 1 is 1.42 bits per heavy atom. The van der Waals surface area contributed by atoms with Gasteiger partial charge in [0.15, 0.2) is 0 Å². The number of ether oxygens (including phenoxy) is 1. The third-order valence-electron chi connectivity index (χ3n) is 2.04. The smallest absolute Gasteiger partial charge is 0.328 e. The maximum absolute atomic E-state index is 11.1. The third kappa shape index (κ3) is 0.831. The molecule has 2 heterocycles. The van der Waals surface area contributed by atoms with Gasteiger partial charge in [0.2, 0.25) is 0 Å². The maximum atomic E-state index is 11.1. The van der Waals surface area contributed by atoms with Crippen LogP contribution in [0.1, 0.15) is 11.3 Å². The van der Waals surface area contributed by atoms with E-state index in [0.717, 1.165) is 0 Å². The van der Waals surface area contributed by atoms with Crippen LogP contribution in [0.4, 0.5) is 0 Å². The molecule has 0 bridgehead atoms. The first-order chi connectivity index (χ1) is 5.70. The van der Waals surface area contributed by atoms with Gasteiger partial charge in [-0.2, -0.15) is 0 Å². The molecule has 0 aliphatic carbocycles. The summed E-state index contributed by atoms with van der Waals surface area (Å²) in [6.45, 7) is 0.657. The predicted molar refractivity (Wildman–Crippen MR) is 40.8 cm³/mol. The molecule has 0 aromatic carbocycles. The first-order valence-corrected chi connectivity index (χ1v) is 3.59. The zero-order valence-corrected chi connectivity index (χ0v) is 6.59. The van der Waals surface area contributed by atoms with Gasteiger partial charge in [0.25, 0.3) is 5.56 Å². The summed E-state index contributed by atoms with van der Waals surface area (Å²) in [4.78, 5) is 24.4. The SMILES string of the molecule is Cn1c2c(c(=O)[nH]c1=O)COC2. The number of fused-ring (bicyclic) bond motifs is 1. The van der Waals surface area contributed by atoms with Crippen LogP contribution < -0.4 is 11.2 Å². The van der Waals surface area contributed by atoms with E-state index in [9.17, 15) is 9.59 Å². The number of nitrogens with one attached hydrogen (secondary N) is 1. The highest BCUT2D eigenvalue weighted by molar-refractivity contribution is 5.18. The Labute approximate surface area is 67.6 Å². The van der Waals surface area contributed by atoms with Gasteiger partial charge < -0.3 is 4.74 Å². The summed E-state index contributed by atoms with van der Waals surface area (Å²) < 4.78 is 6.46. The van der Waals surface area contributed by atoms with E-state index in [-0.39, 0.29) is 11.2 Å². The fraction of sp³-hybridized carbons (Fsp3) is 0.429. The van der Waals surface area contributed by atoms with Crippen LogP contribution >= 0.6 is 0 Å². The number of H-pyrrole nitrogens is 1. The number of nitrogens with zero attached hydrogens (tertiary/aromatic N) is 1. The lowest BCUT2D eigenvalue weighted by Gasteiger charge is -2.01. The summed E-state index contributed by atoms with van der Waals surface area (Å²) >= 11 is 0. The van der Waals surface area contributed by atoms with Crippen molar-refractivity contribution < 1.29 is 4.74 Å². The highest BCUT2D eigenvalue weighted by Gasteiger charge is 2.18. The normalized spacial score (nSPS) is 14.8. The Morgan fingerprint density at radius 2 is 2.17 bits per heavy atom. The molecule has 0 atom stereocenters. The second-order valence-electron chi connectivity index (χ2n) is 2.74. The molecule has 64 valence electrons. The Hall–Kier alpha value is -1.36. The van der Waals surface area contributed by atoms with Gasteiger partial charge in [-0.25, -0.2) is 4.79 Å².